The summed E-state index contributed by atoms with van der Waals surface area (Å²) in [6.07, 6.45) is 9.11. The number of thiophene rings is 1. The van der Waals surface area contributed by atoms with Gasteiger partial charge < -0.3 is 4.90 Å². The van der Waals surface area contributed by atoms with Crippen molar-refractivity contribution < 1.29 is 0 Å². The molecular weight excluding hydrogens is 380 g/mol. The van der Waals surface area contributed by atoms with E-state index < -0.39 is 0 Å². The van der Waals surface area contributed by atoms with Crippen LogP contribution in [0.2, 0.25) is 0 Å². The van der Waals surface area contributed by atoms with Crippen molar-refractivity contribution in [1.82, 2.24) is 24.6 Å². The van der Waals surface area contributed by atoms with Gasteiger partial charge in [-0.05, 0) is 69.7 Å². The molecule has 2 aliphatic heterocycles. The van der Waals surface area contributed by atoms with Crippen molar-refractivity contribution in [3.8, 4) is 0 Å². The maximum absolute atomic E-state index is 5.13. The Morgan fingerprint density at radius 2 is 1.83 bits per heavy atom. The van der Waals surface area contributed by atoms with E-state index in [9.17, 15) is 0 Å². The topological polar surface area (TPSA) is 50.1 Å². The lowest BCUT2D eigenvalue weighted by molar-refractivity contribution is 0.323. The maximum Gasteiger partial charge on any atom is 0.146 e. The van der Waals surface area contributed by atoms with E-state index in [1.807, 2.05) is 29.3 Å². The van der Waals surface area contributed by atoms with E-state index in [-0.39, 0.29) is 0 Å². The smallest absolute Gasteiger partial charge is 0.146 e. The van der Waals surface area contributed by atoms with Crippen LogP contribution in [0.4, 0.5) is 5.82 Å². The maximum atomic E-state index is 5.13. The van der Waals surface area contributed by atoms with Gasteiger partial charge >= 0.3 is 0 Å². The third-order valence-electron chi connectivity index (χ3n) is 6.61. The molecular formula is C22H30N6S. The molecule has 0 amide bonds. The highest BCUT2D eigenvalue weighted by molar-refractivity contribution is 7.18. The molecule has 0 radical (unpaired) electrons. The number of aromatic nitrogens is 4. The molecule has 6 nitrogen and oxygen atoms in total. The van der Waals surface area contributed by atoms with Crippen LogP contribution in [-0.4, -0.2) is 50.8 Å². The Morgan fingerprint density at radius 1 is 1.07 bits per heavy atom. The second kappa shape index (κ2) is 7.69. The third kappa shape index (κ3) is 3.66. The Labute approximate surface area is 176 Å². The van der Waals surface area contributed by atoms with E-state index in [4.69, 9.17) is 9.97 Å². The number of fused-ring (bicyclic) bond motifs is 1. The van der Waals surface area contributed by atoms with Crippen LogP contribution in [0.3, 0.4) is 0 Å². The summed E-state index contributed by atoms with van der Waals surface area (Å²) in [4.78, 5) is 17.6. The molecule has 7 heteroatoms. The molecule has 154 valence electrons. The molecule has 0 unspecified atom stereocenters. The largest absolute Gasteiger partial charge is 0.356 e. The highest BCUT2D eigenvalue weighted by Crippen LogP contribution is 2.37. The van der Waals surface area contributed by atoms with Crippen LogP contribution in [0.1, 0.15) is 53.4 Å². The molecule has 2 saturated heterocycles. The summed E-state index contributed by atoms with van der Waals surface area (Å²) >= 11 is 1.82. The van der Waals surface area contributed by atoms with Crippen molar-refractivity contribution in [1.29, 1.82) is 0 Å². The van der Waals surface area contributed by atoms with Gasteiger partial charge in [-0.1, -0.05) is 0 Å². The van der Waals surface area contributed by atoms with Crippen LogP contribution in [0, 0.1) is 13.8 Å². The molecule has 0 saturated carbocycles. The van der Waals surface area contributed by atoms with Crippen LogP contribution in [-0.2, 0) is 13.6 Å². The number of hydrogen-bond acceptors (Lipinski definition) is 6. The van der Waals surface area contributed by atoms with Crippen molar-refractivity contribution in [3.63, 3.8) is 0 Å². The van der Waals surface area contributed by atoms with Gasteiger partial charge in [-0.25, -0.2) is 9.97 Å². The van der Waals surface area contributed by atoms with Crippen LogP contribution in [0.15, 0.2) is 12.4 Å². The molecule has 3 aromatic heterocycles. The van der Waals surface area contributed by atoms with Crippen molar-refractivity contribution in [2.45, 2.75) is 52.0 Å². The fourth-order valence-electron chi connectivity index (χ4n) is 4.79. The van der Waals surface area contributed by atoms with E-state index in [0.717, 1.165) is 48.9 Å². The molecule has 0 spiro atoms. The Hall–Kier alpha value is -1.99. The van der Waals surface area contributed by atoms with Gasteiger partial charge in [-0.15, -0.1) is 11.3 Å². The standard InChI is InChI=1S/C22H30N6S/c1-15-16(2)29-22-20(15)21(24-19(25-22)14-27-8-4-5-9-27)28-10-6-17(7-11-28)18-12-23-26(3)13-18/h12-13,17H,4-11,14H2,1-3H3. The minimum atomic E-state index is 0.603. The average Bonchev–Trinajstić information content (AvgIpc) is 3.44. The van der Waals surface area contributed by atoms with E-state index >= 15 is 0 Å². The fourth-order valence-corrected chi connectivity index (χ4v) is 5.83. The quantitative estimate of drug-likeness (QED) is 0.650. The second-order valence-corrected chi connectivity index (χ2v) is 9.82. The van der Waals surface area contributed by atoms with E-state index in [1.165, 1.54) is 47.3 Å². The van der Waals surface area contributed by atoms with Gasteiger partial charge in [0.1, 0.15) is 16.5 Å². The van der Waals surface area contributed by atoms with Crippen LogP contribution < -0.4 is 4.90 Å². The van der Waals surface area contributed by atoms with Gasteiger partial charge in [0.15, 0.2) is 0 Å². The first-order chi connectivity index (χ1) is 14.1. The molecule has 29 heavy (non-hydrogen) atoms. The van der Waals surface area contributed by atoms with Gasteiger partial charge in [0, 0.05) is 31.2 Å². The van der Waals surface area contributed by atoms with Crippen molar-refractivity contribution in [3.05, 3.63) is 34.2 Å². The monoisotopic (exact) mass is 410 g/mol. The summed E-state index contributed by atoms with van der Waals surface area (Å²) in [6.45, 7) is 9.76. The highest BCUT2D eigenvalue weighted by atomic mass is 32.1. The Kier molecular flexibility index (Phi) is 5.04. The predicted octanol–water partition coefficient (Wildman–Crippen LogP) is 4.02. The lowest BCUT2D eigenvalue weighted by Gasteiger charge is -2.33. The van der Waals surface area contributed by atoms with Crippen LogP contribution in [0.5, 0.6) is 0 Å². The van der Waals surface area contributed by atoms with Gasteiger partial charge in [0.2, 0.25) is 0 Å². The molecule has 0 aliphatic carbocycles. The molecule has 3 aromatic rings. The van der Waals surface area contributed by atoms with E-state index in [1.54, 1.807) is 0 Å². The molecule has 0 N–H and O–H groups in total. The van der Waals surface area contributed by atoms with Crippen molar-refractivity contribution >= 4 is 27.4 Å². The Bertz CT molecular complexity index is 1010. The molecule has 0 bridgehead atoms. The Morgan fingerprint density at radius 3 is 2.52 bits per heavy atom. The molecule has 0 aromatic carbocycles. The number of aryl methyl sites for hydroxylation is 3. The molecule has 0 atom stereocenters. The summed E-state index contributed by atoms with van der Waals surface area (Å²) in [5.41, 5.74) is 2.72. The summed E-state index contributed by atoms with van der Waals surface area (Å²) < 4.78 is 1.91. The summed E-state index contributed by atoms with van der Waals surface area (Å²) in [5, 5.41) is 5.64. The number of nitrogens with zero attached hydrogens (tertiary/aromatic N) is 6. The predicted molar refractivity (Wildman–Crippen MR) is 119 cm³/mol. The van der Waals surface area contributed by atoms with Crippen molar-refractivity contribution in [2.24, 2.45) is 7.05 Å². The zero-order valence-corrected chi connectivity index (χ0v) is 18.5. The molecule has 5 heterocycles. The first kappa shape index (κ1) is 19.0. The van der Waals surface area contributed by atoms with Gasteiger partial charge in [-0.3, -0.25) is 9.58 Å². The number of anilines is 1. The Balaban J connectivity index is 1.43. The molecule has 2 fully saturated rings. The van der Waals surface area contributed by atoms with Crippen LogP contribution in [0.25, 0.3) is 10.2 Å². The lowest BCUT2D eigenvalue weighted by atomic mass is 9.91. The summed E-state index contributed by atoms with van der Waals surface area (Å²) in [7, 11) is 2.00. The SMILES string of the molecule is Cc1sc2nc(CN3CCCC3)nc(N3CCC(c4cnn(C)c4)CC3)c2c1C. The molecule has 2 aliphatic rings. The first-order valence-electron chi connectivity index (χ1n) is 10.8. The van der Waals surface area contributed by atoms with Gasteiger partial charge in [0.25, 0.3) is 0 Å². The van der Waals surface area contributed by atoms with Gasteiger partial charge in [0.05, 0.1) is 18.1 Å². The van der Waals surface area contributed by atoms with E-state index in [0.29, 0.717) is 5.92 Å². The van der Waals surface area contributed by atoms with Gasteiger partial charge in [-0.2, -0.15) is 5.10 Å². The van der Waals surface area contributed by atoms with Crippen LogP contribution >= 0.6 is 11.3 Å². The number of rotatable bonds is 4. The van der Waals surface area contributed by atoms with Crippen molar-refractivity contribution in [2.75, 3.05) is 31.1 Å². The zero-order valence-electron chi connectivity index (χ0n) is 17.7. The minimum absolute atomic E-state index is 0.603. The fraction of sp³-hybridized carbons (Fsp3) is 0.591. The minimum Gasteiger partial charge on any atom is -0.356 e. The number of hydrogen-bond donors (Lipinski definition) is 0. The number of piperidine rings is 1. The number of likely N-dealkylation sites (tertiary alicyclic amines) is 1. The second-order valence-electron chi connectivity index (χ2n) is 8.62. The first-order valence-corrected chi connectivity index (χ1v) is 11.6. The lowest BCUT2D eigenvalue weighted by Crippen LogP contribution is -2.34. The summed E-state index contributed by atoms with van der Waals surface area (Å²) in [6, 6.07) is 0. The molecule has 5 rings (SSSR count). The summed E-state index contributed by atoms with van der Waals surface area (Å²) in [5.74, 6) is 2.76. The van der Waals surface area contributed by atoms with E-state index in [2.05, 4.69) is 34.9 Å². The third-order valence-corrected chi connectivity index (χ3v) is 7.71. The average molecular weight is 411 g/mol. The normalized spacial score (nSPS) is 18.9. The highest BCUT2D eigenvalue weighted by Gasteiger charge is 2.26. The zero-order chi connectivity index (χ0) is 20.0.